The second kappa shape index (κ2) is 11.0. The maximum Gasteiger partial charge on any atom is 0.140 e. The van der Waals surface area contributed by atoms with Gasteiger partial charge in [-0.3, -0.25) is 0 Å². The monoisotopic (exact) mass is 611 g/mol. The number of aryl methyl sites for hydroxylation is 3. The van der Waals surface area contributed by atoms with Gasteiger partial charge >= 0.3 is 0 Å². The van der Waals surface area contributed by atoms with Gasteiger partial charge in [0, 0.05) is 25.8 Å². The molecule has 1 N–H and O–H groups in total. The van der Waals surface area contributed by atoms with Crippen LogP contribution in [0.4, 0.5) is 5.82 Å². The average Bonchev–Trinajstić information content (AvgIpc) is 2.80. The molecule has 2 aromatic heterocycles. The van der Waals surface area contributed by atoms with E-state index in [1.54, 1.807) is 0 Å². The first-order valence-electron chi connectivity index (χ1n) is 11.1. The van der Waals surface area contributed by atoms with Crippen LogP contribution < -0.4 is 5.32 Å². The third kappa shape index (κ3) is 6.34. The second-order valence-corrected chi connectivity index (χ2v) is 10.5. The van der Waals surface area contributed by atoms with Crippen molar-refractivity contribution >= 4 is 71.1 Å². The zero-order valence-corrected chi connectivity index (χ0v) is 23.7. The van der Waals surface area contributed by atoms with Crippen molar-refractivity contribution in [1.29, 1.82) is 0 Å². The minimum absolute atomic E-state index is 0.177. The Hall–Kier alpha value is -2.61. The van der Waals surface area contributed by atoms with E-state index in [0.29, 0.717) is 11.0 Å². The maximum atomic E-state index is 5.96. The Balaban J connectivity index is 0.000000189. The van der Waals surface area contributed by atoms with E-state index < -0.39 is 0 Å². The van der Waals surface area contributed by atoms with Crippen molar-refractivity contribution in [2.24, 2.45) is 0 Å². The van der Waals surface area contributed by atoms with Crippen molar-refractivity contribution < 1.29 is 0 Å². The van der Waals surface area contributed by atoms with E-state index in [0.717, 1.165) is 42.4 Å². The highest BCUT2D eigenvalue weighted by Gasteiger charge is 2.11. The van der Waals surface area contributed by atoms with Crippen molar-refractivity contribution in [3.05, 3.63) is 97.5 Å². The molecular formula is C27H24Br2ClN5. The Bertz CT molecular complexity index is 1520. The lowest BCUT2D eigenvalue weighted by Crippen LogP contribution is -2.09. The molecule has 0 aliphatic heterocycles. The number of hydrogen-bond acceptors (Lipinski definition) is 5. The molecule has 35 heavy (non-hydrogen) atoms. The molecule has 0 radical (unpaired) electrons. The molecule has 2 heterocycles. The van der Waals surface area contributed by atoms with Crippen LogP contribution in [0.5, 0.6) is 0 Å². The van der Waals surface area contributed by atoms with Gasteiger partial charge in [0.1, 0.15) is 22.6 Å². The van der Waals surface area contributed by atoms with Crippen molar-refractivity contribution in [1.82, 2.24) is 19.9 Å². The number of benzene rings is 3. The molecular weight excluding hydrogens is 590 g/mol. The fraction of sp³-hybridized carbons (Fsp3) is 0.185. The van der Waals surface area contributed by atoms with Crippen LogP contribution in [0, 0.1) is 20.8 Å². The van der Waals surface area contributed by atoms with E-state index in [1.807, 2.05) is 44.2 Å². The van der Waals surface area contributed by atoms with Crippen molar-refractivity contribution in [2.45, 2.75) is 33.7 Å². The number of anilines is 1. The summed E-state index contributed by atoms with van der Waals surface area (Å²) in [7, 11) is 0. The van der Waals surface area contributed by atoms with Crippen LogP contribution in [0.15, 0.2) is 69.6 Å². The van der Waals surface area contributed by atoms with Gasteiger partial charge in [-0.05, 0) is 69.7 Å². The van der Waals surface area contributed by atoms with Crippen LogP contribution in [-0.2, 0) is 0 Å². The van der Waals surface area contributed by atoms with Crippen LogP contribution in [-0.4, -0.2) is 19.9 Å². The van der Waals surface area contributed by atoms with Crippen LogP contribution >= 0.6 is 43.5 Å². The van der Waals surface area contributed by atoms with E-state index in [2.05, 4.69) is 101 Å². The highest BCUT2D eigenvalue weighted by Crippen LogP contribution is 2.28. The fourth-order valence-corrected chi connectivity index (χ4v) is 4.72. The summed E-state index contributed by atoms with van der Waals surface area (Å²) in [6.07, 6.45) is 0. The summed E-state index contributed by atoms with van der Waals surface area (Å²) in [5.74, 6) is 2.34. The number of fused-ring (bicyclic) bond motifs is 2. The molecule has 0 saturated heterocycles. The van der Waals surface area contributed by atoms with E-state index in [4.69, 9.17) is 11.6 Å². The Morgan fingerprint density at radius 3 is 2.00 bits per heavy atom. The number of hydrogen-bond donors (Lipinski definition) is 1. The lowest BCUT2D eigenvalue weighted by atomic mass is 10.1. The first-order chi connectivity index (χ1) is 16.7. The van der Waals surface area contributed by atoms with Gasteiger partial charge in [0.25, 0.3) is 0 Å². The van der Waals surface area contributed by atoms with Crippen molar-refractivity contribution in [3.8, 4) is 0 Å². The third-order valence-electron chi connectivity index (χ3n) is 5.39. The molecule has 5 rings (SSSR count). The lowest BCUT2D eigenvalue weighted by molar-refractivity contribution is 0.870. The Labute approximate surface area is 226 Å². The van der Waals surface area contributed by atoms with Crippen LogP contribution in [0.25, 0.3) is 21.8 Å². The third-order valence-corrected chi connectivity index (χ3v) is 6.66. The standard InChI is InChI=1S/C18H18BrN3.C9H6BrClN2/c1-11-5-4-6-14(9-11)12(2)20-18-16-10-15(19)7-8-17(16)21-13(3)22-18;1-5-12-8-3-2-6(10)4-7(8)9(11)13-5/h4-10,12H,1-3H3,(H,20,21,22);2-4H,1H3/t12-;/m1./s1. The molecule has 0 aliphatic rings. The molecule has 0 spiro atoms. The van der Waals surface area contributed by atoms with Gasteiger partial charge in [0.15, 0.2) is 0 Å². The summed E-state index contributed by atoms with van der Waals surface area (Å²) >= 11 is 12.9. The average molecular weight is 614 g/mol. The normalized spacial score (nSPS) is 11.7. The van der Waals surface area contributed by atoms with E-state index in [1.165, 1.54) is 11.1 Å². The molecule has 0 saturated carbocycles. The first kappa shape index (κ1) is 25.5. The summed E-state index contributed by atoms with van der Waals surface area (Å²) in [5.41, 5.74) is 4.34. The van der Waals surface area contributed by atoms with Gasteiger partial charge in [0.2, 0.25) is 0 Å². The van der Waals surface area contributed by atoms with Gasteiger partial charge in [-0.25, -0.2) is 19.9 Å². The lowest BCUT2D eigenvalue weighted by Gasteiger charge is -2.17. The number of aromatic nitrogens is 4. The van der Waals surface area contributed by atoms with Crippen molar-refractivity contribution in [2.75, 3.05) is 5.32 Å². The number of nitrogens with zero attached hydrogens (tertiary/aromatic N) is 4. The summed E-state index contributed by atoms with van der Waals surface area (Å²) in [5, 5.41) is 5.93. The Morgan fingerprint density at radius 1 is 0.743 bits per heavy atom. The van der Waals surface area contributed by atoms with Crippen LogP contribution in [0.1, 0.15) is 35.7 Å². The molecule has 0 fully saturated rings. The van der Waals surface area contributed by atoms with E-state index in [9.17, 15) is 0 Å². The summed E-state index contributed by atoms with van der Waals surface area (Å²) < 4.78 is 2.01. The predicted octanol–water partition coefficient (Wildman–Crippen LogP) is 8.54. The highest BCUT2D eigenvalue weighted by atomic mass is 79.9. The SMILES string of the molecule is Cc1cccc([C@@H](C)Nc2nc(C)nc3ccc(Br)cc23)c1.Cc1nc(Cl)c2cc(Br)ccc2n1. The van der Waals surface area contributed by atoms with Crippen LogP contribution in [0.2, 0.25) is 5.15 Å². The van der Waals surface area contributed by atoms with E-state index in [-0.39, 0.29) is 6.04 Å². The number of rotatable bonds is 3. The van der Waals surface area contributed by atoms with Crippen molar-refractivity contribution in [3.63, 3.8) is 0 Å². The predicted molar refractivity (Wildman–Crippen MR) is 152 cm³/mol. The fourth-order valence-electron chi connectivity index (χ4n) is 3.73. The van der Waals surface area contributed by atoms with E-state index >= 15 is 0 Å². The molecule has 0 aliphatic carbocycles. The minimum atomic E-state index is 0.177. The zero-order valence-electron chi connectivity index (χ0n) is 19.8. The topological polar surface area (TPSA) is 63.6 Å². The smallest absolute Gasteiger partial charge is 0.140 e. The molecule has 0 bridgehead atoms. The first-order valence-corrected chi connectivity index (χ1v) is 13.0. The molecule has 0 unspecified atom stereocenters. The molecule has 0 amide bonds. The molecule has 178 valence electrons. The largest absolute Gasteiger partial charge is 0.363 e. The van der Waals surface area contributed by atoms with Gasteiger partial charge in [-0.1, -0.05) is 73.3 Å². The summed E-state index contributed by atoms with van der Waals surface area (Å²) in [4.78, 5) is 17.4. The molecule has 5 aromatic rings. The second-order valence-electron chi connectivity index (χ2n) is 8.28. The highest BCUT2D eigenvalue weighted by molar-refractivity contribution is 9.10. The number of halogens is 3. The Morgan fingerprint density at radius 2 is 1.34 bits per heavy atom. The quantitative estimate of drug-likeness (QED) is 0.207. The minimum Gasteiger partial charge on any atom is -0.363 e. The summed E-state index contributed by atoms with van der Waals surface area (Å²) in [6, 6.07) is 20.5. The Kier molecular flexibility index (Phi) is 7.99. The molecule has 1 atom stereocenters. The number of nitrogens with one attached hydrogen (secondary N) is 1. The summed E-state index contributed by atoms with van der Waals surface area (Å²) in [6.45, 7) is 8.00. The molecule has 5 nitrogen and oxygen atoms in total. The van der Waals surface area contributed by atoms with Gasteiger partial charge in [0.05, 0.1) is 11.0 Å². The molecule has 8 heteroatoms. The maximum absolute atomic E-state index is 5.96. The van der Waals surface area contributed by atoms with Gasteiger partial charge < -0.3 is 5.32 Å². The zero-order chi connectivity index (χ0) is 25.1. The molecule has 3 aromatic carbocycles. The van der Waals surface area contributed by atoms with Gasteiger partial charge in [-0.15, -0.1) is 0 Å². The van der Waals surface area contributed by atoms with Gasteiger partial charge in [-0.2, -0.15) is 0 Å². The van der Waals surface area contributed by atoms with Crippen LogP contribution in [0.3, 0.4) is 0 Å².